The van der Waals surface area contributed by atoms with E-state index in [1.54, 1.807) is 13.8 Å². The number of amides is 6. The lowest BCUT2D eigenvalue weighted by molar-refractivity contribution is -0.138. The molecule has 308 valence electrons. The van der Waals surface area contributed by atoms with E-state index in [0.29, 0.717) is 6.42 Å². The van der Waals surface area contributed by atoms with Crippen LogP contribution in [-0.4, -0.2) is 126 Å². The van der Waals surface area contributed by atoms with E-state index in [9.17, 15) is 38.7 Å². The third-order valence-corrected chi connectivity index (χ3v) is 7.54. The van der Waals surface area contributed by atoms with Crippen molar-refractivity contribution >= 4 is 53.3 Å². The number of rotatable bonds is 26. The van der Waals surface area contributed by atoms with Crippen LogP contribution in [0.25, 0.3) is 0 Å². The lowest BCUT2D eigenvalue weighted by Crippen LogP contribution is -2.59. The fraction of sp³-hybridized carbons (Fsp3) is 0.719. The van der Waals surface area contributed by atoms with Gasteiger partial charge in [-0.3, -0.25) is 43.5 Å². The van der Waals surface area contributed by atoms with Gasteiger partial charge >= 0.3 is 5.97 Å². The zero-order chi connectivity index (χ0) is 41.5. The number of carboxylic acids is 1. The van der Waals surface area contributed by atoms with Crippen LogP contribution in [0.1, 0.15) is 73.1 Å². The average molecular weight is 772 g/mol. The summed E-state index contributed by atoms with van der Waals surface area (Å²) in [5.74, 6) is -6.38. The van der Waals surface area contributed by atoms with Gasteiger partial charge in [-0.2, -0.15) is 0 Å². The summed E-state index contributed by atoms with van der Waals surface area (Å²) >= 11 is 0. The summed E-state index contributed by atoms with van der Waals surface area (Å²) in [4.78, 5) is 97.1. The van der Waals surface area contributed by atoms with E-state index in [2.05, 4.69) is 41.9 Å². The van der Waals surface area contributed by atoms with Crippen molar-refractivity contribution in [3.05, 3.63) is 0 Å². The van der Waals surface area contributed by atoms with Gasteiger partial charge in [0.15, 0.2) is 11.9 Å². The maximum absolute atomic E-state index is 13.6. The summed E-state index contributed by atoms with van der Waals surface area (Å²) in [7, 11) is 0. The second kappa shape index (κ2) is 25.7. The van der Waals surface area contributed by atoms with E-state index in [1.165, 1.54) is 6.92 Å². The van der Waals surface area contributed by atoms with E-state index in [4.69, 9.17) is 33.8 Å². The number of aliphatic hydroxyl groups excluding tert-OH is 1. The van der Waals surface area contributed by atoms with Crippen molar-refractivity contribution in [1.82, 2.24) is 31.9 Å². The lowest BCUT2D eigenvalue weighted by Gasteiger charge is -2.26. The standard InChI is InChI=1S/C32H61N13O9/c1-16(2)12-19(33)26(50)42-21(9-7-11-39-32(36)37)29(53)43-20(8-6-10-38-31(34)35)28(52)41-18(5)25(49)45-23(15-46)30(54)44-22(13-17(3)4)27(51)40-14-24(47)48/h16-23,46H,6-15,33H2,1-5H3,(H,40,51)(H,41,52)(H,42,50)(H,43,53)(H,44,54)(H,45,49)(H,47,48)(H4,34,35,38)(H4,36,37,39)/t18-,19+,20-,21-,22+,23+/m1/s1. The normalized spacial score (nSPS) is 14.2. The molecule has 0 spiro atoms. The molecule has 0 rings (SSSR count). The Kier molecular flexibility index (Phi) is 23.2. The minimum atomic E-state index is -1.56. The molecule has 0 bridgehead atoms. The Hall–Kier alpha value is -5.25. The fourth-order valence-electron chi connectivity index (χ4n) is 4.84. The smallest absolute Gasteiger partial charge is 0.322 e. The van der Waals surface area contributed by atoms with E-state index in [-0.39, 0.29) is 68.9 Å². The molecule has 6 atom stereocenters. The lowest BCUT2D eigenvalue weighted by atomic mass is 10.0. The number of carboxylic acid groups (broad SMARTS) is 1. The summed E-state index contributed by atoms with van der Waals surface area (Å²) in [6.07, 6.45) is 1.03. The van der Waals surface area contributed by atoms with Crippen LogP contribution < -0.4 is 60.6 Å². The fourth-order valence-corrected chi connectivity index (χ4v) is 4.84. The third kappa shape index (κ3) is 21.3. The van der Waals surface area contributed by atoms with Crippen LogP contribution in [0, 0.1) is 11.8 Å². The van der Waals surface area contributed by atoms with Crippen molar-refractivity contribution in [1.29, 1.82) is 0 Å². The first kappa shape index (κ1) is 48.8. The minimum absolute atomic E-state index is 0.00687. The molecule has 0 unspecified atom stereocenters. The number of aliphatic hydroxyl groups is 1. The van der Waals surface area contributed by atoms with Gasteiger partial charge in [-0.05, 0) is 57.3 Å². The first-order valence-corrected chi connectivity index (χ1v) is 17.7. The van der Waals surface area contributed by atoms with Crippen LogP contribution in [0.3, 0.4) is 0 Å². The van der Waals surface area contributed by atoms with Gasteiger partial charge in [0.05, 0.1) is 12.6 Å². The SMILES string of the molecule is CC(C)C[C@H](NC(=O)[C@H](CO)NC(=O)[C@@H](C)NC(=O)[C@@H](CCCN=C(N)N)NC(=O)[C@@H](CCCN=C(N)N)NC(=O)[C@@H](N)CC(C)C)C(=O)NCC(=O)O. The quantitative estimate of drug-likeness (QED) is 0.0223. The Morgan fingerprint density at radius 1 is 0.574 bits per heavy atom. The molecule has 0 aromatic rings. The molecule has 22 nitrogen and oxygen atoms in total. The average Bonchev–Trinajstić information content (AvgIpc) is 3.06. The zero-order valence-electron chi connectivity index (χ0n) is 31.7. The van der Waals surface area contributed by atoms with Crippen molar-refractivity contribution in [2.24, 2.45) is 50.5 Å². The van der Waals surface area contributed by atoms with Gasteiger partial charge in [0.2, 0.25) is 35.4 Å². The van der Waals surface area contributed by atoms with E-state index >= 15 is 0 Å². The Labute approximate surface area is 315 Å². The Morgan fingerprint density at radius 2 is 1.00 bits per heavy atom. The van der Waals surface area contributed by atoms with Crippen LogP contribution in [0.4, 0.5) is 0 Å². The maximum atomic E-state index is 13.6. The van der Waals surface area contributed by atoms with Crippen LogP contribution in [-0.2, 0) is 33.6 Å². The molecule has 0 fully saturated rings. The molecule has 54 heavy (non-hydrogen) atoms. The van der Waals surface area contributed by atoms with Crippen molar-refractivity contribution < 1.29 is 43.8 Å². The summed E-state index contributed by atoms with van der Waals surface area (Å²) in [5.41, 5.74) is 27.6. The highest BCUT2D eigenvalue weighted by Gasteiger charge is 2.31. The molecule has 0 aromatic heterocycles. The number of hydrogen-bond donors (Lipinski definition) is 13. The van der Waals surface area contributed by atoms with Crippen molar-refractivity contribution in [2.45, 2.75) is 109 Å². The molecule has 0 heterocycles. The predicted octanol–water partition coefficient (Wildman–Crippen LogP) is -4.85. The Morgan fingerprint density at radius 3 is 1.44 bits per heavy atom. The van der Waals surface area contributed by atoms with Crippen molar-refractivity contribution in [3.63, 3.8) is 0 Å². The van der Waals surface area contributed by atoms with Crippen LogP contribution >= 0.6 is 0 Å². The molecule has 0 aliphatic rings. The van der Waals surface area contributed by atoms with Gasteiger partial charge in [-0.15, -0.1) is 0 Å². The number of hydrogen-bond acceptors (Lipinski definition) is 11. The first-order chi connectivity index (χ1) is 25.2. The molecule has 18 N–H and O–H groups in total. The Balaban J connectivity index is 5.96. The largest absolute Gasteiger partial charge is 0.480 e. The summed E-state index contributed by atoms with van der Waals surface area (Å²) < 4.78 is 0. The Bertz CT molecular complexity index is 1320. The van der Waals surface area contributed by atoms with Crippen molar-refractivity contribution in [3.8, 4) is 0 Å². The van der Waals surface area contributed by atoms with Gasteiger partial charge in [-0.25, -0.2) is 0 Å². The number of aliphatic carboxylic acids is 1. The number of nitrogens with two attached hydrogens (primary N) is 5. The summed E-state index contributed by atoms with van der Waals surface area (Å²) in [6, 6.07) is -7.36. The van der Waals surface area contributed by atoms with E-state index < -0.39 is 90.8 Å². The molecule has 0 aliphatic heterocycles. The van der Waals surface area contributed by atoms with Gasteiger partial charge in [0, 0.05) is 13.1 Å². The van der Waals surface area contributed by atoms with E-state index in [1.807, 2.05) is 13.8 Å². The molecule has 22 heteroatoms. The number of aliphatic imine (C=N–C) groups is 2. The molecule has 0 aromatic carbocycles. The molecule has 0 aliphatic carbocycles. The second-order valence-corrected chi connectivity index (χ2v) is 13.5. The molecular formula is C32H61N13O9. The molecule has 0 saturated carbocycles. The predicted molar refractivity (Wildman–Crippen MR) is 200 cm³/mol. The number of guanidine groups is 2. The number of nitrogens with one attached hydrogen (secondary N) is 6. The molecule has 0 radical (unpaired) electrons. The summed E-state index contributed by atoms with van der Waals surface area (Å²) in [6.45, 7) is 7.28. The topological polar surface area (TPSA) is 387 Å². The molecule has 6 amide bonds. The highest BCUT2D eigenvalue weighted by Crippen LogP contribution is 2.08. The maximum Gasteiger partial charge on any atom is 0.322 e. The second-order valence-electron chi connectivity index (χ2n) is 13.5. The van der Waals surface area contributed by atoms with Gasteiger partial charge in [0.25, 0.3) is 0 Å². The number of nitrogens with zero attached hydrogens (tertiary/aromatic N) is 2. The van der Waals surface area contributed by atoms with Gasteiger partial charge < -0.3 is 70.8 Å². The first-order valence-electron chi connectivity index (χ1n) is 17.7. The van der Waals surface area contributed by atoms with Crippen LogP contribution in [0.5, 0.6) is 0 Å². The molecule has 0 saturated heterocycles. The van der Waals surface area contributed by atoms with E-state index in [0.717, 1.165) is 0 Å². The highest BCUT2D eigenvalue weighted by atomic mass is 16.4. The van der Waals surface area contributed by atoms with Crippen LogP contribution in [0.15, 0.2) is 9.98 Å². The molecular weight excluding hydrogens is 710 g/mol. The monoisotopic (exact) mass is 771 g/mol. The zero-order valence-corrected chi connectivity index (χ0v) is 31.7. The van der Waals surface area contributed by atoms with Crippen LogP contribution in [0.2, 0.25) is 0 Å². The van der Waals surface area contributed by atoms with Gasteiger partial charge in [0.1, 0.15) is 36.8 Å². The third-order valence-electron chi connectivity index (χ3n) is 7.54. The van der Waals surface area contributed by atoms with Gasteiger partial charge in [-0.1, -0.05) is 27.7 Å². The minimum Gasteiger partial charge on any atom is -0.480 e. The summed E-state index contributed by atoms with van der Waals surface area (Å²) in [5, 5.41) is 33.3. The number of carbonyl (C=O) groups excluding carboxylic acids is 6. The van der Waals surface area contributed by atoms with Crippen molar-refractivity contribution in [2.75, 3.05) is 26.2 Å². The highest BCUT2D eigenvalue weighted by molar-refractivity contribution is 5.96. The number of carbonyl (C=O) groups is 7.